The van der Waals surface area contributed by atoms with Gasteiger partial charge in [0, 0.05) is 5.69 Å². The second kappa shape index (κ2) is 3.52. The summed E-state index contributed by atoms with van der Waals surface area (Å²) in [5.74, 6) is 0. The molecule has 0 radical (unpaired) electrons. The average Bonchev–Trinajstić information content (AvgIpc) is 1.95. The summed E-state index contributed by atoms with van der Waals surface area (Å²) in [5.41, 5.74) is 8.86. The summed E-state index contributed by atoms with van der Waals surface area (Å²) >= 11 is 12.3. The Bertz CT molecular complexity index is 331. The van der Waals surface area contributed by atoms with E-state index in [1.165, 1.54) is 5.56 Å². The molecule has 0 unspecified atom stereocenters. The minimum absolute atomic E-state index is 0.710. The summed E-state index contributed by atoms with van der Waals surface area (Å²) in [6.45, 7) is 3.58. The largest absolute Gasteiger partial charge is 0.399 e. The van der Waals surface area contributed by atoms with E-state index in [0.29, 0.717) is 5.69 Å². The fourth-order valence-corrected chi connectivity index (χ4v) is 4.37. The number of halogens is 2. The van der Waals surface area contributed by atoms with Gasteiger partial charge in [-0.1, -0.05) is 6.07 Å². The lowest BCUT2D eigenvalue weighted by Crippen LogP contribution is -2.37. The molecule has 1 aromatic carbocycles. The zero-order valence-corrected chi connectivity index (χ0v) is 10.5. The number of hydrogen-bond acceptors (Lipinski definition) is 1. The molecule has 1 aromatic rings. The fraction of sp³-hybridized carbons (Fsp3) is 0.333. The number of nitrogens with two attached hydrogens (primary N) is 1. The molecule has 1 rings (SSSR count). The minimum atomic E-state index is -2.33. The highest BCUT2D eigenvalue weighted by Crippen LogP contribution is 2.21. The molecule has 0 heterocycles. The molecular formula is C9H13Cl2NSi. The van der Waals surface area contributed by atoms with Crippen LogP contribution in [0.1, 0.15) is 11.1 Å². The molecule has 0 aliphatic carbocycles. The normalized spacial score (nSPS) is 11.8. The van der Waals surface area contributed by atoms with Crippen LogP contribution in [-0.4, -0.2) is 6.69 Å². The Morgan fingerprint density at radius 2 is 1.77 bits per heavy atom. The van der Waals surface area contributed by atoms with Crippen molar-refractivity contribution in [2.45, 2.75) is 20.4 Å². The van der Waals surface area contributed by atoms with Gasteiger partial charge in [-0.25, -0.2) is 0 Å². The van der Waals surface area contributed by atoms with Crippen LogP contribution in [0.25, 0.3) is 0 Å². The molecule has 0 spiro atoms. The summed E-state index contributed by atoms with van der Waals surface area (Å²) in [4.78, 5) is 0. The third-order valence-corrected chi connectivity index (χ3v) is 4.88. The lowest BCUT2D eigenvalue weighted by atomic mass is 10.1. The molecule has 0 bridgehead atoms. The van der Waals surface area contributed by atoms with Gasteiger partial charge in [-0.3, -0.25) is 0 Å². The first-order valence-electron chi connectivity index (χ1n) is 4.08. The van der Waals surface area contributed by atoms with Crippen molar-refractivity contribution >= 4 is 39.7 Å². The van der Waals surface area contributed by atoms with Crippen molar-refractivity contribution in [2.75, 3.05) is 5.73 Å². The zero-order valence-electron chi connectivity index (χ0n) is 7.99. The molecule has 0 saturated carbocycles. The predicted molar refractivity (Wildman–Crippen MR) is 63.3 cm³/mol. The van der Waals surface area contributed by atoms with Crippen LogP contribution in [0.2, 0.25) is 6.55 Å². The van der Waals surface area contributed by atoms with E-state index in [1.807, 2.05) is 32.5 Å². The summed E-state index contributed by atoms with van der Waals surface area (Å²) in [7, 11) is 0. The number of hydrogen-bond donors (Lipinski definition) is 1. The highest BCUT2D eigenvalue weighted by molar-refractivity contribution is 7.50. The number of aryl methyl sites for hydroxylation is 1. The lowest BCUT2D eigenvalue weighted by molar-refractivity contribution is 1.37. The standard InChI is InChI=1S/C9H13Cl2NSi/c1-6-4-5-8(12)9(7(6)2)13(3,10)11/h4-5H,12H2,1-3H3. The quantitative estimate of drug-likeness (QED) is 0.451. The number of nitrogen functional groups attached to an aromatic ring is 1. The third kappa shape index (κ3) is 2.19. The van der Waals surface area contributed by atoms with E-state index in [2.05, 4.69) is 0 Å². The van der Waals surface area contributed by atoms with Gasteiger partial charge in [-0.05, 0) is 42.8 Å². The van der Waals surface area contributed by atoms with E-state index in [4.69, 9.17) is 27.9 Å². The molecule has 1 nitrogen and oxygen atoms in total. The smallest absolute Gasteiger partial charge is 0.280 e. The van der Waals surface area contributed by atoms with Gasteiger partial charge in [0.15, 0.2) is 0 Å². The van der Waals surface area contributed by atoms with Crippen LogP contribution in [0.5, 0.6) is 0 Å². The molecule has 0 aliphatic heterocycles. The maximum atomic E-state index is 6.17. The van der Waals surface area contributed by atoms with Crippen LogP contribution in [0, 0.1) is 13.8 Å². The number of rotatable bonds is 1. The fourth-order valence-electron chi connectivity index (χ4n) is 1.42. The zero-order chi connectivity index (χ0) is 10.2. The summed E-state index contributed by atoms with van der Waals surface area (Å²) in [5, 5.41) is 0.954. The van der Waals surface area contributed by atoms with Gasteiger partial charge in [0.05, 0.1) is 0 Å². The Labute approximate surface area is 89.3 Å². The molecule has 0 atom stereocenters. The maximum Gasteiger partial charge on any atom is 0.280 e. The Kier molecular flexibility index (Phi) is 2.95. The van der Waals surface area contributed by atoms with E-state index < -0.39 is 6.69 Å². The highest BCUT2D eigenvalue weighted by Gasteiger charge is 2.28. The van der Waals surface area contributed by atoms with Gasteiger partial charge in [0.2, 0.25) is 0 Å². The van der Waals surface area contributed by atoms with E-state index >= 15 is 0 Å². The van der Waals surface area contributed by atoms with Gasteiger partial charge in [-0.2, -0.15) is 0 Å². The predicted octanol–water partition coefficient (Wildman–Crippen LogP) is 2.64. The first-order valence-corrected chi connectivity index (χ1v) is 8.60. The first-order chi connectivity index (χ1) is 5.84. The van der Waals surface area contributed by atoms with Crippen molar-refractivity contribution in [2.24, 2.45) is 0 Å². The lowest BCUT2D eigenvalue weighted by Gasteiger charge is -2.18. The molecule has 0 fully saturated rings. The average molecular weight is 234 g/mol. The molecule has 2 N–H and O–H groups in total. The maximum absolute atomic E-state index is 6.17. The SMILES string of the molecule is Cc1ccc(N)c([Si](C)(Cl)Cl)c1C. The van der Waals surface area contributed by atoms with Gasteiger partial charge in [-0.15, -0.1) is 22.2 Å². The van der Waals surface area contributed by atoms with Crippen LogP contribution in [0.15, 0.2) is 12.1 Å². The molecule has 72 valence electrons. The molecule has 0 amide bonds. The van der Waals surface area contributed by atoms with E-state index in [1.54, 1.807) is 0 Å². The molecule has 0 aliphatic rings. The van der Waals surface area contributed by atoms with Crippen molar-refractivity contribution in [1.29, 1.82) is 0 Å². The Balaban J connectivity index is 3.43. The van der Waals surface area contributed by atoms with Crippen LogP contribution >= 0.6 is 22.2 Å². The molecular weight excluding hydrogens is 221 g/mol. The van der Waals surface area contributed by atoms with Crippen LogP contribution in [0.3, 0.4) is 0 Å². The molecule has 13 heavy (non-hydrogen) atoms. The Hall–Kier alpha value is -0.183. The first kappa shape index (κ1) is 10.9. The highest BCUT2D eigenvalue weighted by atomic mass is 35.7. The Morgan fingerprint density at radius 3 is 2.15 bits per heavy atom. The summed E-state index contributed by atoms with van der Waals surface area (Å²) < 4.78 is 0. The van der Waals surface area contributed by atoms with Gasteiger partial charge in [0.1, 0.15) is 0 Å². The topological polar surface area (TPSA) is 26.0 Å². The van der Waals surface area contributed by atoms with Crippen molar-refractivity contribution in [3.05, 3.63) is 23.3 Å². The molecule has 0 aromatic heterocycles. The van der Waals surface area contributed by atoms with Crippen LogP contribution < -0.4 is 10.9 Å². The summed E-state index contributed by atoms with van der Waals surface area (Å²) in [6, 6.07) is 3.86. The Morgan fingerprint density at radius 1 is 1.23 bits per heavy atom. The van der Waals surface area contributed by atoms with Crippen LogP contribution in [0.4, 0.5) is 5.69 Å². The summed E-state index contributed by atoms with van der Waals surface area (Å²) in [6.07, 6.45) is 0. The van der Waals surface area contributed by atoms with E-state index in [0.717, 1.165) is 10.8 Å². The second-order valence-electron chi connectivity index (χ2n) is 3.36. The second-order valence-corrected chi connectivity index (χ2v) is 10.8. The van der Waals surface area contributed by atoms with Gasteiger partial charge in [0.25, 0.3) is 6.69 Å². The third-order valence-electron chi connectivity index (χ3n) is 2.21. The van der Waals surface area contributed by atoms with Crippen LogP contribution in [-0.2, 0) is 0 Å². The van der Waals surface area contributed by atoms with Gasteiger partial charge >= 0.3 is 0 Å². The van der Waals surface area contributed by atoms with E-state index in [9.17, 15) is 0 Å². The molecule has 0 saturated heterocycles. The minimum Gasteiger partial charge on any atom is -0.399 e. The monoisotopic (exact) mass is 233 g/mol. The van der Waals surface area contributed by atoms with Crippen molar-refractivity contribution < 1.29 is 0 Å². The van der Waals surface area contributed by atoms with Crippen molar-refractivity contribution in [3.8, 4) is 0 Å². The number of anilines is 1. The number of benzene rings is 1. The van der Waals surface area contributed by atoms with E-state index in [-0.39, 0.29) is 0 Å². The molecule has 4 heteroatoms. The van der Waals surface area contributed by atoms with Crippen molar-refractivity contribution in [3.63, 3.8) is 0 Å². The van der Waals surface area contributed by atoms with Gasteiger partial charge < -0.3 is 5.73 Å². The van der Waals surface area contributed by atoms with Crippen molar-refractivity contribution in [1.82, 2.24) is 0 Å².